The van der Waals surface area contributed by atoms with Crippen LogP contribution in [0.2, 0.25) is 0 Å². The van der Waals surface area contributed by atoms with Gasteiger partial charge >= 0.3 is 0 Å². The van der Waals surface area contributed by atoms with Gasteiger partial charge in [-0.2, -0.15) is 11.8 Å². The molecule has 1 saturated carbocycles. The Labute approximate surface area is 122 Å². The van der Waals surface area contributed by atoms with Crippen molar-refractivity contribution in [3.63, 3.8) is 0 Å². The fourth-order valence-corrected chi connectivity index (χ4v) is 5.00. The maximum Gasteiger partial charge on any atom is 0.0713 e. The van der Waals surface area contributed by atoms with Gasteiger partial charge in [-0.15, -0.1) is 0 Å². The molecule has 0 bridgehead atoms. The van der Waals surface area contributed by atoms with E-state index < -0.39 is 0 Å². The molecule has 2 aliphatic heterocycles. The molecule has 1 aliphatic carbocycles. The number of hydrogen-bond donors (Lipinski definition) is 1. The molecule has 3 fully saturated rings. The highest BCUT2D eigenvalue weighted by molar-refractivity contribution is 7.99. The standard InChI is InChI=1S/C16H29NOS/c1-13(2)15(4-5-15)12-17-14-3-8-18-16(11-14)6-9-19-10-7-16/h13-14,17H,3-12H2,1-2H3. The minimum Gasteiger partial charge on any atom is -0.375 e. The summed E-state index contributed by atoms with van der Waals surface area (Å²) in [6.45, 7) is 6.98. The van der Waals surface area contributed by atoms with Crippen molar-refractivity contribution in [2.24, 2.45) is 11.3 Å². The van der Waals surface area contributed by atoms with E-state index in [0.29, 0.717) is 11.5 Å². The molecule has 0 aromatic heterocycles. The largest absolute Gasteiger partial charge is 0.375 e. The van der Waals surface area contributed by atoms with Crippen LogP contribution in [0.3, 0.4) is 0 Å². The minimum absolute atomic E-state index is 0.232. The second-order valence-electron chi connectivity index (χ2n) is 7.23. The third kappa shape index (κ3) is 3.14. The topological polar surface area (TPSA) is 21.3 Å². The Bertz CT molecular complexity index is 302. The Kier molecular flexibility index (Phi) is 4.17. The first-order chi connectivity index (χ1) is 9.14. The molecule has 0 radical (unpaired) electrons. The highest BCUT2D eigenvalue weighted by Gasteiger charge is 2.46. The van der Waals surface area contributed by atoms with E-state index in [1.807, 2.05) is 0 Å². The molecule has 3 rings (SSSR count). The monoisotopic (exact) mass is 283 g/mol. The van der Waals surface area contributed by atoms with Crippen LogP contribution < -0.4 is 5.32 Å². The molecule has 1 atom stereocenters. The third-order valence-electron chi connectivity index (χ3n) is 5.76. The van der Waals surface area contributed by atoms with Gasteiger partial charge in [0.15, 0.2) is 0 Å². The average Bonchev–Trinajstić information content (AvgIpc) is 3.19. The summed E-state index contributed by atoms with van der Waals surface area (Å²) in [4.78, 5) is 0. The summed E-state index contributed by atoms with van der Waals surface area (Å²) in [5.74, 6) is 3.42. The summed E-state index contributed by atoms with van der Waals surface area (Å²) < 4.78 is 6.18. The van der Waals surface area contributed by atoms with Gasteiger partial charge in [0, 0.05) is 19.2 Å². The predicted octanol–water partition coefficient (Wildman–Crippen LogP) is 3.46. The second kappa shape index (κ2) is 5.57. The van der Waals surface area contributed by atoms with Crippen LogP contribution in [0.15, 0.2) is 0 Å². The van der Waals surface area contributed by atoms with Crippen molar-refractivity contribution in [3.05, 3.63) is 0 Å². The van der Waals surface area contributed by atoms with E-state index >= 15 is 0 Å². The van der Waals surface area contributed by atoms with Crippen molar-refractivity contribution >= 4 is 11.8 Å². The number of ether oxygens (including phenoxy) is 1. The lowest BCUT2D eigenvalue weighted by Crippen LogP contribution is -2.50. The summed E-state index contributed by atoms with van der Waals surface area (Å²) in [5, 5.41) is 3.89. The van der Waals surface area contributed by atoms with Crippen LogP contribution in [0.5, 0.6) is 0 Å². The maximum absolute atomic E-state index is 6.18. The first-order valence-electron chi connectivity index (χ1n) is 8.09. The van der Waals surface area contributed by atoms with Crippen molar-refractivity contribution < 1.29 is 4.74 Å². The molecule has 3 aliphatic rings. The van der Waals surface area contributed by atoms with Gasteiger partial charge in [-0.05, 0) is 61.4 Å². The molecule has 0 aromatic carbocycles. The van der Waals surface area contributed by atoms with Crippen molar-refractivity contribution in [2.75, 3.05) is 24.7 Å². The lowest BCUT2D eigenvalue weighted by atomic mass is 9.84. The minimum atomic E-state index is 0.232. The zero-order valence-electron chi connectivity index (χ0n) is 12.5. The van der Waals surface area contributed by atoms with E-state index in [4.69, 9.17) is 4.74 Å². The lowest BCUT2D eigenvalue weighted by Gasteiger charge is -2.44. The van der Waals surface area contributed by atoms with Crippen LogP contribution in [0, 0.1) is 11.3 Å². The fraction of sp³-hybridized carbons (Fsp3) is 1.00. The fourth-order valence-electron chi connectivity index (χ4n) is 3.76. The van der Waals surface area contributed by atoms with Gasteiger partial charge in [0.05, 0.1) is 5.60 Å². The zero-order valence-corrected chi connectivity index (χ0v) is 13.4. The van der Waals surface area contributed by atoms with E-state index in [1.165, 1.54) is 56.6 Å². The van der Waals surface area contributed by atoms with Gasteiger partial charge in [0.25, 0.3) is 0 Å². The molecule has 2 saturated heterocycles. The normalized spacial score (nSPS) is 32.7. The molecule has 1 unspecified atom stereocenters. The van der Waals surface area contributed by atoms with Crippen molar-refractivity contribution in [1.82, 2.24) is 5.32 Å². The number of nitrogens with one attached hydrogen (secondary N) is 1. The number of hydrogen-bond acceptors (Lipinski definition) is 3. The van der Waals surface area contributed by atoms with Crippen molar-refractivity contribution in [2.45, 2.75) is 64.0 Å². The van der Waals surface area contributed by atoms with Crippen molar-refractivity contribution in [1.29, 1.82) is 0 Å². The summed E-state index contributed by atoms with van der Waals surface area (Å²) >= 11 is 2.09. The Balaban J connectivity index is 1.51. The van der Waals surface area contributed by atoms with Gasteiger partial charge in [0.1, 0.15) is 0 Å². The summed E-state index contributed by atoms with van der Waals surface area (Å²) in [6, 6.07) is 0.702. The van der Waals surface area contributed by atoms with Crippen LogP contribution in [0.4, 0.5) is 0 Å². The van der Waals surface area contributed by atoms with Crippen LogP contribution >= 0.6 is 11.8 Å². The van der Waals surface area contributed by atoms with Gasteiger partial charge in [-0.1, -0.05) is 13.8 Å². The van der Waals surface area contributed by atoms with Crippen LogP contribution in [0.25, 0.3) is 0 Å². The van der Waals surface area contributed by atoms with E-state index in [9.17, 15) is 0 Å². The highest BCUT2D eigenvalue weighted by Crippen LogP contribution is 2.51. The van der Waals surface area contributed by atoms with Crippen LogP contribution in [0.1, 0.15) is 52.4 Å². The Morgan fingerprint density at radius 1 is 1.21 bits per heavy atom. The molecule has 1 spiro atoms. The smallest absolute Gasteiger partial charge is 0.0713 e. The maximum atomic E-state index is 6.18. The first kappa shape index (κ1) is 14.2. The van der Waals surface area contributed by atoms with Gasteiger partial charge < -0.3 is 10.1 Å². The van der Waals surface area contributed by atoms with Gasteiger partial charge in [0.2, 0.25) is 0 Å². The number of thioether (sulfide) groups is 1. The average molecular weight is 283 g/mol. The summed E-state index contributed by atoms with van der Waals surface area (Å²) in [7, 11) is 0. The summed E-state index contributed by atoms with van der Waals surface area (Å²) in [6.07, 6.45) is 7.87. The Morgan fingerprint density at radius 3 is 2.58 bits per heavy atom. The molecule has 19 heavy (non-hydrogen) atoms. The molecule has 2 nitrogen and oxygen atoms in total. The highest BCUT2D eigenvalue weighted by atomic mass is 32.2. The second-order valence-corrected chi connectivity index (χ2v) is 8.46. The van der Waals surface area contributed by atoms with Gasteiger partial charge in [-0.25, -0.2) is 0 Å². The molecule has 110 valence electrons. The Morgan fingerprint density at radius 2 is 1.95 bits per heavy atom. The lowest BCUT2D eigenvalue weighted by molar-refractivity contribution is -0.0936. The van der Waals surface area contributed by atoms with Gasteiger partial charge in [-0.3, -0.25) is 0 Å². The SMILES string of the molecule is CC(C)C1(CNC2CCOC3(CCSCC3)C2)CC1. The van der Waals surface area contributed by atoms with E-state index in [2.05, 4.69) is 30.9 Å². The molecular weight excluding hydrogens is 254 g/mol. The van der Waals surface area contributed by atoms with E-state index in [0.717, 1.165) is 12.5 Å². The van der Waals surface area contributed by atoms with Crippen LogP contribution in [-0.2, 0) is 4.74 Å². The molecular formula is C16H29NOS. The molecule has 1 N–H and O–H groups in total. The molecule has 3 heteroatoms. The van der Waals surface area contributed by atoms with E-state index in [-0.39, 0.29) is 5.60 Å². The molecule has 0 aromatic rings. The zero-order chi connectivity index (χ0) is 13.3. The third-order valence-corrected chi connectivity index (χ3v) is 6.74. The quantitative estimate of drug-likeness (QED) is 0.854. The first-order valence-corrected chi connectivity index (χ1v) is 9.25. The van der Waals surface area contributed by atoms with E-state index in [1.54, 1.807) is 0 Å². The number of rotatable bonds is 4. The molecule has 2 heterocycles. The summed E-state index contributed by atoms with van der Waals surface area (Å²) in [5.41, 5.74) is 0.865. The van der Waals surface area contributed by atoms with Crippen LogP contribution in [-0.4, -0.2) is 36.3 Å². The molecule has 0 amide bonds. The van der Waals surface area contributed by atoms with Crippen molar-refractivity contribution in [3.8, 4) is 0 Å². The predicted molar refractivity (Wildman–Crippen MR) is 82.8 cm³/mol. The Hall–Kier alpha value is 0.270.